The summed E-state index contributed by atoms with van der Waals surface area (Å²) >= 11 is 0. The van der Waals surface area contributed by atoms with Crippen LogP contribution in [0.2, 0.25) is 0 Å². The number of ether oxygens (including phenoxy) is 5. The Bertz CT molecular complexity index is 2900. The minimum atomic E-state index is -0.678. The third-order valence-electron chi connectivity index (χ3n) is 26.8. The summed E-state index contributed by atoms with van der Waals surface area (Å²) in [7, 11) is 0. The minimum absolute atomic E-state index is 0.0161. The van der Waals surface area contributed by atoms with E-state index in [-0.39, 0.29) is 88.4 Å². The average molecular weight is 1720 g/mol. The fourth-order valence-corrected chi connectivity index (χ4v) is 23.0. The van der Waals surface area contributed by atoms with Crippen LogP contribution in [0.25, 0.3) is 0 Å². The molecule has 0 saturated carbocycles. The molecule has 5 heterocycles. The molecule has 23 heteroatoms. The number of hydrogen-bond acceptors (Lipinski definition) is 18. The van der Waals surface area contributed by atoms with Crippen LogP contribution in [0.1, 0.15) is 430 Å². The third-order valence-corrected chi connectivity index (χ3v) is 26.8. The number of hydrogen-bond donors (Lipinski definition) is 0. The lowest BCUT2D eigenvalue weighted by Crippen LogP contribution is -2.64. The molecule has 0 atom stereocenters. The predicted molar refractivity (Wildman–Crippen MR) is 487 cm³/mol. The molecule has 0 spiro atoms. The van der Waals surface area contributed by atoms with Gasteiger partial charge in [0.05, 0.1) is 32.7 Å². The van der Waals surface area contributed by atoms with Gasteiger partial charge in [-0.25, -0.2) is 0 Å². The Morgan fingerprint density at radius 2 is 0.344 bits per heavy atom. The van der Waals surface area contributed by atoms with Gasteiger partial charge in [0.15, 0.2) is 0 Å². The maximum atomic E-state index is 15.1. The largest absolute Gasteiger partial charge is 0.461 e. The number of nitrogens with zero attached hydrogens (tertiary/aromatic N) is 8. The molecule has 0 radical (unpaired) electrons. The molecule has 5 aliphatic heterocycles. The van der Waals surface area contributed by atoms with Crippen molar-refractivity contribution in [3.05, 3.63) is 0 Å². The zero-order valence-corrected chi connectivity index (χ0v) is 82.2. The van der Waals surface area contributed by atoms with Crippen LogP contribution >= 0.6 is 0 Å². The summed E-state index contributed by atoms with van der Waals surface area (Å²) in [5, 5.41) is 0. The molecule has 0 aromatic heterocycles. The smallest absolute Gasteiger partial charge is 0.320 e. The SMILES string of the molecule is CCCCCCCC(=O)N1C(C)(C)CC(OC(=O)CN(CCN(CC(=O)OC2CC(C)(C)N(C(=O)CCCCCCC)C(C)(C)C2)CC(=O)OC2CC(C)(C)N(C(=O)CCCCCCC)C(C)(C)C2)CCN(CC(=O)OC2CC(C)(C)N(C(=O)CCCCCCC)C(C)(C)C2)CC(=O)OC2CC(C)(C)N(C(=O)CCCCCCC)C(C)(C)C2)CC1(C)C. The summed E-state index contributed by atoms with van der Waals surface area (Å²) < 4.78 is 32.6. The van der Waals surface area contributed by atoms with Crippen molar-refractivity contribution >= 4 is 59.4 Å². The maximum Gasteiger partial charge on any atom is 0.320 e. The lowest BCUT2D eigenvalue weighted by molar-refractivity contribution is -0.173. The fourth-order valence-electron chi connectivity index (χ4n) is 23.0. The van der Waals surface area contributed by atoms with Crippen LogP contribution in [0.15, 0.2) is 0 Å². The maximum absolute atomic E-state index is 15.1. The number of piperidine rings is 5. The number of unbranched alkanes of at least 4 members (excludes halogenated alkanes) is 20. The van der Waals surface area contributed by atoms with Crippen LogP contribution in [0.3, 0.4) is 0 Å². The van der Waals surface area contributed by atoms with Gasteiger partial charge in [0, 0.05) is 178 Å². The summed E-state index contributed by atoms with van der Waals surface area (Å²) in [6.45, 7) is 49.9. The second-order valence-corrected chi connectivity index (χ2v) is 43.9. The van der Waals surface area contributed by atoms with Gasteiger partial charge in [0.2, 0.25) is 29.5 Å². The van der Waals surface area contributed by atoms with Gasteiger partial charge in [0.1, 0.15) is 30.5 Å². The number of likely N-dealkylation sites (tertiary alicyclic amines) is 5. The van der Waals surface area contributed by atoms with Crippen LogP contribution in [0, 0.1) is 0 Å². The Morgan fingerprint density at radius 1 is 0.213 bits per heavy atom. The lowest BCUT2D eigenvalue weighted by Gasteiger charge is -2.55. The van der Waals surface area contributed by atoms with E-state index in [0.717, 1.165) is 161 Å². The topological polar surface area (TPSA) is 243 Å². The Hall–Kier alpha value is -5.42. The summed E-state index contributed by atoms with van der Waals surface area (Å²) in [5.74, 6) is -2.51. The molecule has 23 nitrogen and oxygen atoms in total. The predicted octanol–water partition coefficient (Wildman–Crippen LogP) is 19.2. The van der Waals surface area contributed by atoms with Crippen LogP contribution in [-0.4, -0.2) is 243 Å². The van der Waals surface area contributed by atoms with Crippen molar-refractivity contribution in [3.8, 4) is 0 Å². The highest BCUT2D eigenvalue weighted by Crippen LogP contribution is 2.46. The molecule has 0 unspecified atom stereocenters. The van der Waals surface area contributed by atoms with Crippen molar-refractivity contribution in [1.82, 2.24) is 39.2 Å². The highest BCUT2D eigenvalue weighted by atomic mass is 16.6. The second kappa shape index (κ2) is 48.1. The van der Waals surface area contributed by atoms with Crippen LogP contribution in [0.4, 0.5) is 0 Å². The van der Waals surface area contributed by atoms with Crippen molar-refractivity contribution in [2.45, 2.75) is 516 Å². The average Bonchev–Trinajstić information content (AvgIpc) is 0.785. The molecule has 0 aliphatic carbocycles. The standard InChI is InChI=1S/C99H178N8O15/c1-26-31-36-41-46-51-80(108)103-90(6,7)60-75(61-91(103,8)9)118-85(113)70-100(56-58-101(71-86(114)119-76-62-92(10,11)104(93(12,13)63-76)81(109)52-47-42-37-32-27-2)72-87(115)120-77-64-94(14,15)105(95(16,17)65-77)82(110)53-48-43-38-33-28-3)57-59-102(73-88(116)121-78-66-96(18,19)106(97(20,21)67-78)83(111)54-49-44-39-34-29-4)74-89(117)122-79-68-98(22,23)107(99(24,25)69-79)84(112)55-50-45-40-35-30-5/h75-79H,26-74H2,1-25H3. The number of amides is 5. The summed E-state index contributed by atoms with van der Waals surface area (Å²) in [4.78, 5) is 161. The van der Waals surface area contributed by atoms with E-state index in [1.165, 1.54) is 0 Å². The molecule has 704 valence electrons. The van der Waals surface area contributed by atoms with E-state index in [1.807, 2.05) is 168 Å². The van der Waals surface area contributed by atoms with Crippen molar-refractivity contribution in [3.63, 3.8) is 0 Å². The number of carbonyl (C=O) groups excluding carboxylic acids is 10. The molecule has 0 N–H and O–H groups in total. The normalized spacial score (nSPS) is 20.6. The van der Waals surface area contributed by atoms with E-state index in [0.29, 0.717) is 96.3 Å². The summed E-state index contributed by atoms with van der Waals surface area (Å²) in [6.07, 6.45) is 28.6. The second-order valence-electron chi connectivity index (χ2n) is 43.9. The van der Waals surface area contributed by atoms with Crippen molar-refractivity contribution in [1.29, 1.82) is 0 Å². The molecule has 5 amide bonds. The van der Waals surface area contributed by atoms with Gasteiger partial charge in [-0.3, -0.25) is 62.6 Å². The first-order valence-electron chi connectivity index (χ1n) is 48.6. The molecule has 0 bridgehead atoms. The highest BCUT2D eigenvalue weighted by molar-refractivity contribution is 5.82. The van der Waals surface area contributed by atoms with E-state index in [9.17, 15) is 43.2 Å². The molecule has 5 aliphatic rings. The molecule has 0 aromatic rings. The van der Waals surface area contributed by atoms with Gasteiger partial charge < -0.3 is 48.2 Å². The quantitative estimate of drug-likeness (QED) is 0.0312. The monoisotopic (exact) mass is 1720 g/mol. The highest BCUT2D eigenvalue weighted by Gasteiger charge is 2.54. The van der Waals surface area contributed by atoms with E-state index in [1.54, 1.807) is 9.80 Å². The summed E-state index contributed by atoms with van der Waals surface area (Å²) in [5.41, 5.74) is -6.71. The first-order valence-corrected chi connectivity index (χ1v) is 48.6. The zero-order chi connectivity index (χ0) is 91.5. The van der Waals surface area contributed by atoms with Gasteiger partial charge in [0.25, 0.3) is 0 Å². The van der Waals surface area contributed by atoms with E-state index < -0.39 is 116 Å². The van der Waals surface area contributed by atoms with Crippen molar-refractivity contribution in [2.24, 2.45) is 0 Å². The molecule has 5 saturated heterocycles. The number of rotatable bonds is 51. The Labute approximate surface area is 741 Å². The Balaban J connectivity index is 1.55. The van der Waals surface area contributed by atoms with Gasteiger partial charge in [-0.1, -0.05) is 163 Å². The Morgan fingerprint density at radius 3 is 0.492 bits per heavy atom. The molecular formula is C99H178N8O15. The van der Waals surface area contributed by atoms with Gasteiger partial charge in [-0.15, -0.1) is 0 Å². The third kappa shape index (κ3) is 33.7. The van der Waals surface area contributed by atoms with Crippen LogP contribution in [-0.2, 0) is 71.6 Å². The van der Waals surface area contributed by atoms with E-state index in [4.69, 9.17) is 23.7 Å². The fraction of sp³-hybridized carbons (Fsp3) is 0.899. The zero-order valence-electron chi connectivity index (χ0n) is 82.2. The number of carbonyl (C=O) groups is 10. The van der Waals surface area contributed by atoms with Crippen LogP contribution < -0.4 is 0 Å². The minimum Gasteiger partial charge on any atom is -0.461 e. The molecule has 0 aromatic carbocycles. The Kier molecular flexibility index (Phi) is 42.2. The molecule has 5 rings (SSSR count). The van der Waals surface area contributed by atoms with E-state index >= 15 is 4.79 Å². The van der Waals surface area contributed by atoms with Gasteiger partial charge in [-0.05, 0) is 171 Å². The number of esters is 5. The van der Waals surface area contributed by atoms with E-state index in [2.05, 4.69) is 34.6 Å². The van der Waals surface area contributed by atoms with Gasteiger partial charge in [-0.2, -0.15) is 0 Å². The van der Waals surface area contributed by atoms with Crippen LogP contribution in [0.5, 0.6) is 0 Å². The van der Waals surface area contributed by atoms with Crippen molar-refractivity contribution < 1.29 is 71.6 Å². The molecular weight excluding hydrogens is 1540 g/mol. The van der Waals surface area contributed by atoms with Crippen molar-refractivity contribution in [2.75, 3.05) is 58.9 Å². The molecule has 122 heavy (non-hydrogen) atoms. The first kappa shape index (κ1) is 107. The first-order chi connectivity index (χ1) is 56.8. The lowest BCUT2D eigenvalue weighted by atomic mass is 9.77. The molecule has 5 fully saturated rings. The summed E-state index contributed by atoms with van der Waals surface area (Å²) in [6, 6.07) is 0. The van der Waals surface area contributed by atoms with Gasteiger partial charge >= 0.3 is 29.8 Å².